The maximum atomic E-state index is 13.7. The van der Waals surface area contributed by atoms with E-state index in [0.29, 0.717) is 18.2 Å². The van der Waals surface area contributed by atoms with E-state index in [1.807, 2.05) is 6.92 Å². The average molecular weight is 269 g/mol. The van der Waals surface area contributed by atoms with Gasteiger partial charge < -0.3 is 4.84 Å². The van der Waals surface area contributed by atoms with Crippen LogP contribution in [0.1, 0.15) is 37.6 Å². The van der Waals surface area contributed by atoms with E-state index < -0.39 is 22.8 Å². The first-order valence-corrected chi connectivity index (χ1v) is 5.95. The molecular formula is C14H17F2NO2. The van der Waals surface area contributed by atoms with Crippen molar-refractivity contribution in [1.82, 2.24) is 0 Å². The Bertz CT molecular complexity index is 510. The normalized spacial score (nSPS) is 12.4. The molecule has 0 spiro atoms. The fraction of sp³-hybridized carbons (Fsp3) is 0.429. The lowest BCUT2D eigenvalue weighted by molar-refractivity contribution is 0.0889. The molecule has 1 rings (SSSR count). The van der Waals surface area contributed by atoms with Crippen molar-refractivity contribution < 1.29 is 18.4 Å². The van der Waals surface area contributed by atoms with Crippen LogP contribution >= 0.6 is 0 Å². The smallest absolute Gasteiger partial charge is 0.177 e. The molecule has 0 N–H and O–H groups in total. The predicted octanol–water partition coefficient (Wildman–Crippen LogP) is 3.59. The summed E-state index contributed by atoms with van der Waals surface area (Å²) in [6.45, 7) is 5.10. The highest BCUT2D eigenvalue weighted by molar-refractivity contribution is 6.15. The maximum Gasteiger partial charge on any atom is 0.177 e. The third kappa shape index (κ3) is 3.16. The summed E-state index contributed by atoms with van der Waals surface area (Å²) >= 11 is 0. The minimum absolute atomic E-state index is 0.149. The van der Waals surface area contributed by atoms with Crippen molar-refractivity contribution in [2.24, 2.45) is 10.6 Å². The molecule has 0 aliphatic carbocycles. The van der Waals surface area contributed by atoms with E-state index in [2.05, 4.69) is 5.16 Å². The van der Waals surface area contributed by atoms with E-state index in [1.165, 1.54) is 7.11 Å². The first kappa shape index (κ1) is 15.3. The van der Waals surface area contributed by atoms with Crippen molar-refractivity contribution in [3.63, 3.8) is 0 Å². The molecule has 104 valence electrons. The van der Waals surface area contributed by atoms with E-state index in [4.69, 9.17) is 4.84 Å². The molecule has 0 unspecified atom stereocenters. The van der Waals surface area contributed by atoms with Crippen molar-refractivity contribution in [3.8, 4) is 0 Å². The summed E-state index contributed by atoms with van der Waals surface area (Å²) in [5.74, 6) is -2.04. The Balaban J connectivity index is 3.20. The number of Topliss-reactive ketones (excluding diaryl/α,β-unsaturated/α-hetero) is 1. The highest BCUT2D eigenvalue weighted by atomic mass is 19.1. The molecule has 1 aromatic rings. The molecule has 0 aliphatic rings. The summed E-state index contributed by atoms with van der Waals surface area (Å²) in [6.07, 6.45) is 0.495. The zero-order chi connectivity index (χ0) is 14.6. The van der Waals surface area contributed by atoms with Crippen LogP contribution in [0, 0.1) is 17.0 Å². The first-order valence-electron chi connectivity index (χ1n) is 5.95. The van der Waals surface area contributed by atoms with Crippen LogP contribution < -0.4 is 0 Å². The lowest BCUT2D eigenvalue weighted by Gasteiger charge is -2.24. The number of nitrogens with zero attached hydrogens (tertiary/aromatic N) is 1. The molecule has 1 aromatic carbocycles. The number of halogens is 2. The molecule has 0 aliphatic heterocycles. The zero-order valence-corrected chi connectivity index (χ0v) is 11.5. The molecule has 19 heavy (non-hydrogen) atoms. The minimum atomic E-state index is -1.01. The number of hydrogen-bond donors (Lipinski definition) is 0. The second-order valence-electron chi connectivity index (χ2n) is 4.65. The van der Waals surface area contributed by atoms with Gasteiger partial charge in [-0.15, -0.1) is 0 Å². The van der Waals surface area contributed by atoms with Crippen LogP contribution in [0.2, 0.25) is 0 Å². The molecule has 0 saturated heterocycles. The van der Waals surface area contributed by atoms with Gasteiger partial charge in [-0.1, -0.05) is 12.1 Å². The fourth-order valence-electron chi connectivity index (χ4n) is 1.87. The van der Waals surface area contributed by atoms with E-state index in [0.717, 1.165) is 12.1 Å². The Labute approximate surface area is 111 Å². The Hall–Kier alpha value is -1.78. The zero-order valence-electron chi connectivity index (χ0n) is 11.5. The average Bonchev–Trinajstić information content (AvgIpc) is 2.34. The van der Waals surface area contributed by atoms with Gasteiger partial charge in [-0.3, -0.25) is 4.79 Å². The molecule has 0 fully saturated rings. The topological polar surface area (TPSA) is 38.7 Å². The van der Waals surface area contributed by atoms with Crippen LogP contribution in [0.4, 0.5) is 8.78 Å². The van der Waals surface area contributed by atoms with Gasteiger partial charge in [-0.2, -0.15) is 0 Å². The van der Waals surface area contributed by atoms with Gasteiger partial charge in [0.05, 0.1) is 16.7 Å². The first-order chi connectivity index (χ1) is 8.84. The number of rotatable bonds is 5. The molecule has 0 saturated carbocycles. The third-order valence-electron chi connectivity index (χ3n) is 3.00. The van der Waals surface area contributed by atoms with Crippen molar-refractivity contribution in [2.45, 2.75) is 27.2 Å². The molecule has 0 bridgehead atoms. The van der Waals surface area contributed by atoms with Gasteiger partial charge in [0, 0.05) is 6.07 Å². The summed E-state index contributed by atoms with van der Waals surface area (Å²) in [4.78, 5) is 17.1. The second kappa shape index (κ2) is 5.91. The highest BCUT2D eigenvalue weighted by Gasteiger charge is 2.35. The lowest BCUT2D eigenvalue weighted by Crippen LogP contribution is -2.34. The third-order valence-corrected chi connectivity index (χ3v) is 3.00. The predicted molar refractivity (Wildman–Crippen MR) is 69.2 cm³/mol. The van der Waals surface area contributed by atoms with Gasteiger partial charge >= 0.3 is 0 Å². The van der Waals surface area contributed by atoms with Crippen LogP contribution in [-0.4, -0.2) is 18.6 Å². The summed E-state index contributed by atoms with van der Waals surface area (Å²) in [7, 11) is 1.38. The van der Waals surface area contributed by atoms with Gasteiger partial charge in [0.1, 0.15) is 18.7 Å². The molecule has 3 nitrogen and oxygen atoms in total. The van der Waals surface area contributed by atoms with Gasteiger partial charge in [0.25, 0.3) is 0 Å². The molecule has 5 heteroatoms. The number of benzene rings is 1. The van der Waals surface area contributed by atoms with Crippen molar-refractivity contribution in [2.75, 3.05) is 7.11 Å². The Morgan fingerprint density at radius 3 is 2.47 bits per heavy atom. The standard InChI is InChI=1S/C14H17F2NO2/c1-5-12(17-19-4)14(2,3)13(18)10-7-6-9(15)8-11(10)16/h6-8H,5H2,1-4H3. The van der Waals surface area contributed by atoms with E-state index in [9.17, 15) is 13.6 Å². The van der Waals surface area contributed by atoms with E-state index in [-0.39, 0.29) is 5.56 Å². The molecule has 0 atom stereocenters. The summed E-state index contributed by atoms with van der Waals surface area (Å²) in [5, 5.41) is 3.81. The molecule has 0 radical (unpaired) electrons. The summed E-state index contributed by atoms with van der Waals surface area (Å²) in [5.41, 5.74) is -0.656. The SMILES string of the molecule is CCC(=NOC)C(C)(C)C(=O)c1ccc(F)cc1F. The second-order valence-corrected chi connectivity index (χ2v) is 4.65. The van der Waals surface area contributed by atoms with E-state index in [1.54, 1.807) is 13.8 Å². The van der Waals surface area contributed by atoms with E-state index >= 15 is 0 Å². The van der Waals surface area contributed by atoms with Crippen molar-refractivity contribution >= 4 is 11.5 Å². The number of hydrogen-bond acceptors (Lipinski definition) is 3. The van der Waals surface area contributed by atoms with Crippen LogP contribution in [0.25, 0.3) is 0 Å². The van der Waals surface area contributed by atoms with Gasteiger partial charge in [-0.05, 0) is 32.4 Å². The molecule has 0 amide bonds. The van der Waals surface area contributed by atoms with Crippen LogP contribution in [0.15, 0.2) is 23.4 Å². The number of ketones is 1. The largest absolute Gasteiger partial charge is 0.399 e. The van der Waals surface area contributed by atoms with Crippen LogP contribution in [0.3, 0.4) is 0 Å². The molecule has 0 aromatic heterocycles. The minimum Gasteiger partial charge on any atom is -0.399 e. The molecular weight excluding hydrogens is 252 g/mol. The van der Waals surface area contributed by atoms with Gasteiger partial charge in [0.15, 0.2) is 5.78 Å². The van der Waals surface area contributed by atoms with Crippen LogP contribution in [0.5, 0.6) is 0 Å². The fourth-order valence-corrected chi connectivity index (χ4v) is 1.87. The Morgan fingerprint density at radius 1 is 1.37 bits per heavy atom. The molecule has 0 heterocycles. The van der Waals surface area contributed by atoms with Crippen molar-refractivity contribution in [3.05, 3.63) is 35.4 Å². The number of oxime groups is 1. The highest BCUT2D eigenvalue weighted by Crippen LogP contribution is 2.27. The lowest BCUT2D eigenvalue weighted by atomic mass is 9.78. The number of carbonyl (C=O) groups is 1. The Morgan fingerprint density at radius 2 is 2.00 bits per heavy atom. The van der Waals surface area contributed by atoms with Gasteiger partial charge in [0.2, 0.25) is 0 Å². The summed E-state index contributed by atoms with van der Waals surface area (Å²) in [6, 6.07) is 2.91. The Kier molecular flexibility index (Phi) is 4.75. The number of carbonyl (C=O) groups excluding carboxylic acids is 1. The quantitative estimate of drug-likeness (QED) is 0.465. The monoisotopic (exact) mass is 269 g/mol. The van der Waals surface area contributed by atoms with Crippen LogP contribution in [-0.2, 0) is 4.84 Å². The van der Waals surface area contributed by atoms with Crippen molar-refractivity contribution in [1.29, 1.82) is 0 Å². The van der Waals surface area contributed by atoms with Gasteiger partial charge in [-0.25, -0.2) is 8.78 Å². The maximum absolute atomic E-state index is 13.7. The summed E-state index contributed by atoms with van der Waals surface area (Å²) < 4.78 is 26.5.